The lowest BCUT2D eigenvalue weighted by Gasteiger charge is -2.35. The summed E-state index contributed by atoms with van der Waals surface area (Å²) in [5.74, 6) is -0.503. The number of urea groups is 1. The zero-order valence-corrected chi connectivity index (χ0v) is 18.1. The molecule has 1 N–H and O–H groups in total. The molecule has 3 amide bonds. The van der Waals surface area contributed by atoms with Gasteiger partial charge in [-0.3, -0.25) is 9.69 Å². The van der Waals surface area contributed by atoms with E-state index in [1.54, 1.807) is 29.2 Å². The first-order valence-electron chi connectivity index (χ1n) is 10.7. The Morgan fingerprint density at radius 1 is 0.969 bits per heavy atom. The number of carbonyl (C=O) groups is 2. The summed E-state index contributed by atoms with van der Waals surface area (Å²) < 4.78 is 13.0. The average molecular weight is 432 g/mol. The van der Waals surface area contributed by atoms with Crippen LogP contribution >= 0.6 is 0 Å². The Kier molecular flexibility index (Phi) is 6.50. The summed E-state index contributed by atoms with van der Waals surface area (Å²) in [7, 11) is 0. The number of nitrogens with zero attached hydrogens (tertiary/aromatic N) is 2. The van der Waals surface area contributed by atoms with Crippen LogP contribution in [0, 0.1) is 12.7 Å². The van der Waals surface area contributed by atoms with E-state index in [9.17, 15) is 14.0 Å². The molecule has 4 rings (SSSR count). The molecule has 32 heavy (non-hydrogen) atoms. The Hall–Kier alpha value is -3.67. The maximum absolute atomic E-state index is 13.1. The van der Waals surface area contributed by atoms with Crippen LogP contribution in [0.25, 0.3) is 0 Å². The van der Waals surface area contributed by atoms with Crippen molar-refractivity contribution in [3.8, 4) is 0 Å². The van der Waals surface area contributed by atoms with Gasteiger partial charge in [0.25, 0.3) is 0 Å². The largest absolute Gasteiger partial charge is 0.326 e. The van der Waals surface area contributed by atoms with Crippen LogP contribution in [0.4, 0.5) is 20.6 Å². The molecule has 1 aliphatic heterocycles. The zero-order chi connectivity index (χ0) is 22.5. The van der Waals surface area contributed by atoms with E-state index < -0.39 is 0 Å². The predicted octanol–water partition coefficient (Wildman–Crippen LogP) is 5.15. The fourth-order valence-corrected chi connectivity index (χ4v) is 3.92. The van der Waals surface area contributed by atoms with E-state index in [1.807, 2.05) is 42.2 Å². The van der Waals surface area contributed by atoms with E-state index in [0.717, 1.165) is 29.8 Å². The number of rotatable bonds is 6. The highest BCUT2D eigenvalue weighted by Gasteiger charge is 2.26. The molecule has 6 heteroatoms. The van der Waals surface area contributed by atoms with Gasteiger partial charge in [0.1, 0.15) is 5.82 Å². The van der Waals surface area contributed by atoms with Gasteiger partial charge >= 0.3 is 6.03 Å². The number of benzene rings is 3. The van der Waals surface area contributed by atoms with Crippen LogP contribution in [0.3, 0.4) is 0 Å². The minimum atomic E-state index is -0.325. The Balaban J connectivity index is 1.37. The summed E-state index contributed by atoms with van der Waals surface area (Å²) in [6.45, 7) is 4.04. The first kappa shape index (κ1) is 21.6. The minimum absolute atomic E-state index is 0.00847. The molecule has 0 unspecified atom stereocenters. The lowest BCUT2D eigenvalue weighted by atomic mass is 10.1. The summed E-state index contributed by atoms with van der Waals surface area (Å²) >= 11 is 0. The zero-order valence-electron chi connectivity index (χ0n) is 18.1. The normalized spacial score (nSPS) is 13.9. The molecule has 0 bridgehead atoms. The Morgan fingerprint density at radius 2 is 1.72 bits per heavy atom. The molecule has 3 aromatic rings. The summed E-state index contributed by atoms with van der Waals surface area (Å²) in [5, 5.41) is 2.85. The molecule has 0 radical (unpaired) electrons. The number of hydrogen-bond acceptors (Lipinski definition) is 2. The Morgan fingerprint density at radius 3 is 2.44 bits per heavy atom. The Labute approximate surface area is 187 Å². The number of aryl methyl sites for hydroxylation is 1. The van der Waals surface area contributed by atoms with Gasteiger partial charge in [-0.15, -0.1) is 0 Å². The van der Waals surface area contributed by atoms with E-state index in [2.05, 4.69) is 11.4 Å². The van der Waals surface area contributed by atoms with Gasteiger partial charge in [-0.05, 0) is 60.9 Å². The second kappa shape index (κ2) is 9.64. The third-order valence-corrected chi connectivity index (χ3v) is 5.51. The predicted molar refractivity (Wildman–Crippen MR) is 124 cm³/mol. The highest BCUT2D eigenvalue weighted by molar-refractivity contribution is 5.94. The first-order valence-corrected chi connectivity index (χ1v) is 10.7. The molecule has 0 spiro atoms. The maximum Gasteiger partial charge on any atom is 0.324 e. The van der Waals surface area contributed by atoms with Crippen molar-refractivity contribution < 1.29 is 14.0 Å². The minimum Gasteiger partial charge on any atom is -0.326 e. The summed E-state index contributed by atoms with van der Waals surface area (Å²) in [5.41, 5.74) is 4.51. The molecule has 0 saturated carbocycles. The van der Waals surface area contributed by atoms with E-state index in [1.165, 1.54) is 17.7 Å². The van der Waals surface area contributed by atoms with Crippen LogP contribution in [-0.2, 0) is 17.8 Å². The van der Waals surface area contributed by atoms with E-state index >= 15 is 0 Å². The van der Waals surface area contributed by atoms with Crippen molar-refractivity contribution >= 4 is 23.3 Å². The molecule has 3 aromatic carbocycles. The second-order valence-corrected chi connectivity index (χ2v) is 8.10. The molecule has 164 valence electrons. The highest BCUT2D eigenvalue weighted by Crippen LogP contribution is 2.23. The lowest BCUT2D eigenvalue weighted by Crippen LogP contribution is -2.49. The SMILES string of the molecule is Cc1cccc(CN2CCCN(c3ccc(NC(=O)Cc4ccc(F)cc4)cc3)C2=O)c1. The van der Waals surface area contributed by atoms with Gasteiger partial charge in [-0.1, -0.05) is 42.0 Å². The van der Waals surface area contributed by atoms with Crippen molar-refractivity contribution in [2.24, 2.45) is 0 Å². The fraction of sp³-hybridized carbons (Fsp3) is 0.231. The molecule has 1 heterocycles. The molecule has 0 aliphatic carbocycles. The van der Waals surface area contributed by atoms with Crippen LogP contribution in [0.1, 0.15) is 23.1 Å². The van der Waals surface area contributed by atoms with Crippen molar-refractivity contribution in [1.29, 1.82) is 0 Å². The van der Waals surface area contributed by atoms with Crippen LogP contribution in [0.15, 0.2) is 72.8 Å². The summed E-state index contributed by atoms with van der Waals surface area (Å²) in [6, 6.07) is 21.4. The van der Waals surface area contributed by atoms with Crippen LogP contribution in [-0.4, -0.2) is 29.9 Å². The summed E-state index contributed by atoms with van der Waals surface area (Å²) in [6.07, 6.45) is 1.06. The fourth-order valence-electron chi connectivity index (χ4n) is 3.92. The molecular weight excluding hydrogens is 405 g/mol. The van der Waals surface area contributed by atoms with Gasteiger partial charge in [0.15, 0.2) is 0 Å². The Bertz CT molecular complexity index is 1100. The van der Waals surface area contributed by atoms with Gasteiger partial charge in [0.05, 0.1) is 6.42 Å². The number of hydrogen-bond donors (Lipinski definition) is 1. The number of amides is 3. The van der Waals surface area contributed by atoms with Gasteiger partial charge in [-0.25, -0.2) is 9.18 Å². The van der Waals surface area contributed by atoms with E-state index in [-0.39, 0.29) is 24.2 Å². The van der Waals surface area contributed by atoms with Crippen molar-refractivity contribution in [2.45, 2.75) is 26.3 Å². The number of halogens is 1. The quantitative estimate of drug-likeness (QED) is 0.587. The van der Waals surface area contributed by atoms with Gasteiger partial charge in [0.2, 0.25) is 5.91 Å². The van der Waals surface area contributed by atoms with E-state index in [4.69, 9.17) is 0 Å². The topological polar surface area (TPSA) is 52.6 Å². The van der Waals surface area contributed by atoms with Crippen molar-refractivity contribution in [2.75, 3.05) is 23.3 Å². The van der Waals surface area contributed by atoms with Crippen LogP contribution in [0.5, 0.6) is 0 Å². The molecule has 1 saturated heterocycles. The highest BCUT2D eigenvalue weighted by atomic mass is 19.1. The van der Waals surface area contributed by atoms with Gasteiger partial charge in [0, 0.05) is 31.0 Å². The smallest absolute Gasteiger partial charge is 0.324 e. The third-order valence-electron chi connectivity index (χ3n) is 5.51. The molecule has 0 aromatic heterocycles. The molecule has 1 aliphatic rings. The first-order chi connectivity index (χ1) is 15.5. The second-order valence-electron chi connectivity index (χ2n) is 8.10. The molecule has 1 fully saturated rings. The summed E-state index contributed by atoms with van der Waals surface area (Å²) in [4.78, 5) is 29.0. The number of carbonyl (C=O) groups excluding carboxylic acids is 2. The molecular formula is C26H26FN3O2. The lowest BCUT2D eigenvalue weighted by molar-refractivity contribution is -0.115. The van der Waals surface area contributed by atoms with Gasteiger partial charge in [-0.2, -0.15) is 0 Å². The van der Waals surface area contributed by atoms with Crippen molar-refractivity contribution in [3.63, 3.8) is 0 Å². The average Bonchev–Trinajstić information content (AvgIpc) is 2.77. The third kappa shape index (κ3) is 5.32. The van der Waals surface area contributed by atoms with Crippen molar-refractivity contribution in [3.05, 3.63) is 95.3 Å². The number of anilines is 2. The monoisotopic (exact) mass is 431 g/mol. The van der Waals surface area contributed by atoms with Crippen LogP contribution in [0.2, 0.25) is 0 Å². The molecule has 5 nitrogen and oxygen atoms in total. The van der Waals surface area contributed by atoms with Gasteiger partial charge < -0.3 is 10.2 Å². The van der Waals surface area contributed by atoms with Crippen LogP contribution < -0.4 is 10.2 Å². The molecule has 0 atom stereocenters. The van der Waals surface area contributed by atoms with E-state index in [0.29, 0.717) is 18.8 Å². The van der Waals surface area contributed by atoms with Crippen molar-refractivity contribution in [1.82, 2.24) is 4.90 Å². The number of nitrogens with one attached hydrogen (secondary N) is 1. The maximum atomic E-state index is 13.1. The standard InChI is InChI=1S/C26H26FN3O2/c1-19-4-2-5-21(16-19)18-29-14-3-15-30(26(29)32)24-12-10-23(11-13-24)28-25(31)17-20-6-8-22(27)9-7-20/h2,4-13,16H,3,14-15,17-18H2,1H3,(H,28,31).